The maximum absolute atomic E-state index is 12.4. The van der Waals surface area contributed by atoms with Gasteiger partial charge in [0.1, 0.15) is 0 Å². The van der Waals surface area contributed by atoms with Crippen molar-refractivity contribution in [1.29, 1.82) is 0 Å². The second kappa shape index (κ2) is 7.84. The van der Waals surface area contributed by atoms with Gasteiger partial charge in [-0.3, -0.25) is 4.79 Å². The van der Waals surface area contributed by atoms with Crippen molar-refractivity contribution in [2.45, 2.75) is 12.5 Å². The molecule has 1 heterocycles. The second-order valence-corrected chi connectivity index (χ2v) is 8.74. The Labute approximate surface area is 157 Å². The molecule has 8 heteroatoms. The van der Waals surface area contributed by atoms with E-state index in [9.17, 15) is 13.2 Å². The van der Waals surface area contributed by atoms with Gasteiger partial charge in [0.15, 0.2) is 14.9 Å². The lowest BCUT2D eigenvalue weighted by atomic mass is 10.1. The molecule has 0 bridgehead atoms. The minimum Gasteiger partial charge on any atom is -0.348 e. The molecular weight excluding hydrogens is 370 g/mol. The molecule has 1 aliphatic heterocycles. The number of sulfone groups is 1. The summed E-state index contributed by atoms with van der Waals surface area (Å²) in [5.41, 5.74) is 1.98. The van der Waals surface area contributed by atoms with Crippen LogP contribution in [-0.2, 0) is 9.84 Å². The average molecular weight is 390 g/mol. The van der Waals surface area contributed by atoms with Crippen LogP contribution < -0.4 is 16.0 Å². The van der Waals surface area contributed by atoms with Gasteiger partial charge in [0, 0.05) is 23.0 Å². The molecule has 0 spiro atoms. The summed E-state index contributed by atoms with van der Waals surface area (Å²) in [6, 6.07) is 16.1. The van der Waals surface area contributed by atoms with Crippen molar-refractivity contribution >= 4 is 44.4 Å². The maximum Gasteiger partial charge on any atom is 0.251 e. The Morgan fingerprint density at radius 1 is 1.00 bits per heavy atom. The predicted octanol–water partition coefficient (Wildman–Crippen LogP) is 2.41. The van der Waals surface area contributed by atoms with E-state index in [1.165, 1.54) is 0 Å². The molecule has 2 aromatic carbocycles. The van der Waals surface area contributed by atoms with E-state index in [2.05, 4.69) is 16.0 Å². The number of anilines is 2. The summed E-state index contributed by atoms with van der Waals surface area (Å²) in [7, 11) is -3.03. The number of carbonyl (C=O) groups is 1. The Morgan fingerprint density at radius 2 is 1.69 bits per heavy atom. The van der Waals surface area contributed by atoms with Crippen LogP contribution in [0.4, 0.5) is 11.4 Å². The van der Waals surface area contributed by atoms with E-state index >= 15 is 0 Å². The van der Waals surface area contributed by atoms with Crippen LogP contribution in [0.3, 0.4) is 0 Å². The van der Waals surface area contributed by atoms with Crippen LogP contribution in [0, 0.1) is 0 Å². The van der Waals surface area contributed by atoms with Crippen molar-refractivity contribution < 1.29 is 13.2 Å². The molecule has 1 saturated heterocycles. The molecule has 3 rings (SSSR count). The first-order chi connectivity index (χ1) is 12.4. The van der Waals surface area contributed by atoms with Crippen LogP contribution in [0.25, 0.3) is 0 Å². The summed E-state index contributed by atoms with van der Waals surface area (Å²) in [6.45, 7) is 0. The van der Waals surface area contributed by atoms with Crippen LogP contribution in [0.1, 0.15) is 16.8 Å². The molecule has 1 atom stereocenters. The SMILES string of the molecule is O=C(N[C@@H]1CCS(=O)(=O)C1)c1cccc(NC(=S)Nc2ccccc2)c1. The van der Waals surface area contributed by atoms with Crippen LogP contribution in [0.5, 0.6) is 0 Å². The molecule has 6 nitrogen and oxygen atoms in total. The molecule has 0 aliphatic carbocycles. The summed E-state index contributed by atoms with van der Waals surface area (Å²) in [5.74, 6) is -0.168. The second-order valence-electron chi connectivity index (χ2n) is 6.10. The molecule has 1 fully saturated rings. The number of nitrogens with one attached hydrogen (secondary N) is 3. The van der Waals surface area contributed by atoms with Crippen LogP contribution >= 0.6 is 12.2 Å². The largest absolute Gasteiger partial charge is 0.348 e. The molecule has 0 unspecified atom stereocenters. The maximum atomic E-state index is 12.4. The molecule has 0 radical (unpaired) electrons. The third kappa shape index (κ3) is 5.03. The highest BCUT2D eigenvalue weighted by Gasteiger charge is 2.29. The summed E-state index contributed by atoms with van der Waals surface area (Å²) < 4.78 is 23.0. The van der Waals surface area contributed by atoms with Gasteiger partial charge in [-0.2, -0.15) is 0 Å². The third-order valence-corrected chi connectivity index (χ3v) is 5.95. The highest BCUT2D eigenvalue weighted by Crippen LogP contribution is 2.15. The van der Waals surface area contributed by atoms with Crippen LogP contribution in [0.15, 0.2) is 54.6 Å². The lowest BCUT2D eigenvalue weighted by Gasteiger charge is -2.13. The van der Waals surface area contributed by atoms with Gasteiger partial charge in [-0.25, -0.2) is 8.42 Å². The van der Waals surface area contributed by atoms with E-state index in [1.54, 1.807) is 24.3 Å². The Balaban J connectivity index is 1.60. The molecule has 1 aliphatic rings. The summed E-state index contributed by atoms with van der Waals surface area (Å²) >= 11 is 5.28. The normalized spacial score (nSPS) is 18.1. The number of benzene rings is 2. The van der Waals surface area contributed by atoms with E-state index < -0.39 is 9.84 Å². The smallest absolute Gasteiger partial charge is 0.251 e. The van der Waals surface area contributed by atoms with Gasteiger partial charge < -0.3 is 16.0 Å². The van der Waals surface area contributed by atoms with Crippen molar-refractivity contribution in [2.75, 3.05) is 22.1 Å². The topological polar surface area (TPSA) is 87.3 Å². The highest BCUT2D eigenvalue weighted by atomic mass is 32.2. The van der Waals surface area contributed by atoms with E-state index in [0.717, 1.165) is 5.69 Å². The standard InChI is InChI=1S/C18H19N3O3S2/c22-17(19-16-9-10-26(23,24)12-16)13-5-4-8-15(11-13)21-18(25)20-14-6-2-1-3-7-14/h1-8,11,16H,9-10,12H2,(H,19,22)(H2,20,21,25)/t16-/m1/s1. The zero-order valence-electron chi connectivity index (χ0n) is 13.9. The fourth-order valence-corrected chi connectivity index (χ4v) is 4.64. The molecular formula is C18H19N3O3S2. The average Bonchev–Trinajstić information content (AvgIpc) is 2.94. The molecule has 26 heavy (non-hydrogen) atoms. The van der Waals surface area contributed by atoms with E-state index in [4.69, 9.17) is 12.2 Å². The lowest BCUT2D eigenvalue weighted by molar-refractivity contribution is 0.0941. The number of carbonyl (C=O) groups excluding carboxylic acids is 1. The number of hydrogen-bond donors (Lipinski definition) is 3. The molecule has 0 saturated carbocycles. The van der Waals surface area contributed by atoms with E-state index in [1.807, 2.05) is 30.3 Å². The number of amides is 1. The minimum atomic E-state index is -3.03. The molecule has 3 N–H and O–H groups in total. The molecule has 1 amide bonds. The number of rotatable bonds is 4. The van der Waals surface area contributed by atoms with Gasteiger partial charge in [-0.15, -0.1) is 0 Å². The minimum absolute atomic E-state index is 0.00175. The Hall–Kier alpha value is -2.45. The van der Waals surface area contributed by atoms with Gasteiger partial charge in [0.2, 0.25) is 0 Å². The van der Waals surface area contributed by atoms with Gasteiger partial charge in [-0.05, 0) is 49.0 Å². The Kier molecular flexibility index (Phi) is 5.53. The molecule has 2 aromatic rings. The van der Waals surface area contributed by atoms with Crippen molar-refractivity contribution in [3.63, 3.8) is 0 Å². The first kappa shape index (κ1) is 18.3. The predicted molar refractivity (Wildman–Crippen MR) is 107 cm³/mol. The fourth-order valence-electron chi connectivity index (χ4n) is 2.73. The fraction of sp³-hybridized carbons (Fsp3) is 0.222. The first-order valence-corrected chi connectivity index (χ1v) is 10.4. The van der Waals surface area contributed by atoms with Crippen LogP contribution in [0.2, 0.25) is 0 Å². The van der Waals surface area contributed by atoms with Crippen molar-refractivity contribution in [2.24, 2.45) is 0 Å². The zero-order valence-corrected chi connectivity index (χ0v) is 15.6. The quantitative estimate of drug-likeness (QED) is 0.696. The van der Waals surface area contributed by atoms with Gasteiger partial charge in [0.25, 0.3) is 5.91 Å². The van der Waals surface area contributed by atoms with E-state index in [0.29, 0.717) is 22.8 Å². The van der Waals surface area contributed by atoms with Gasteiger partial charge in [-0.1, -0.05) is 24.3 Å². The summed E-state index contributed by atoms with van der Waals surface area (Å²) in [5, 5.41) is 9.29. The number of hydrogen-bond acceptors (Lipinski definition) is 4. The van der Waals surface area contributed by atoms with Crippen molar-refractivity contribution in [3.8, 4) is 0 Å². The lowest BCUT2D eigenvalue weighted by Crippen LogP contribution is -2.35. The summed E-state index contributed by atoms with van der Waals surface area (Å²) in [6.07, 6.45) is 0.455. The van der Waals surface area contributed by atoms with E-state index in [-0.39, 0.29) is 23.5 Å². The molecule has 136 valence electrons. The van der Waals surface area contributed by atoms with Crippen molar-refractivity contribution in [3.05, 3.63) is 60.2 Å². The first-order valence-electron chi connectivity index (χ1n) is 8.16. The zero-order chi connectivity index (χ0) is 18.6. The monoisotopic (exact) mass is 389 g/mol. The van der Waals surface area contributed by atoms with Gasteiger partial charge in [0.05, 0.1) is 11.5 Å². The number of thiocarbonyl (C=S) groups is 1. The van der Waals surface area contributed by atoms with Crippen LogP contribution in [-0.4, -0.2) is 37.0 Å². The Bertz CT molecular complexity index is 914. The third-order valence-electron chi connectivity index (χ3n) is 3.98. The number of para-hydroxylation sites is 1. The molecule has 0 aromatic heterocycles. The highest BCUT2D eigenvalue weighted by molar-refractivity contribution is 7.91. The van der Waals surface area contributed by atoms with Crippen molar-refractivity contribution in [1.82, 2.24) is 5.32 Å². The Morgan fingerprint density at radius 3 is 2.38 bits per heavy atom. The summed E-state index contributed by atoms with van der Waals surface area (Å²) in [4.78, 5) is 12.4. The van der Waals surface area contributed by atoms with Gasteiger partial charge >= 0.3 is 0 Å².